The van der Waals surface area contributed by atoms with Crippen molar-refractivity contribution < 1.29 is 18.7 Å². The number of amides is 1. The number of carbonyl (C=O) groups is 1. The van der Waals surface area contributed by atoms with E-state index in [0.29, 0.717) is 32.8 Å². The molecule has 7 heteroatoms. The number of hydrogen-bond donors (Lipinski definition) is 1. The van der Waals surface area contributed by atoms with Crippen LogP contribution >= 0.6 is 23.2 Å². The molecular formula is C21H15Cl2NO4. The molecule has 0 bridgehead atoms. The van der Waals surface area contributed by atoms with Gasteiger partial charge in [-0.05, 0) is 30.3 Å². The number of ether oxygens (including phenoxy) is 2. The minimum absolute atomic E-state index is 0.220. The lowest BCUT2D eigenvalue weighted by Crippen LogP contribution is -2.20. The zero-order chi connectivity index (χ0) is 19.7. The van der Waals surface area contributed by atoms with E-state index in [9.17, 15) is 4.79 Å². The molecule has 1 heterocycles. The first-order valence-corrected chi connectivity index (χ1v) is 9.18. The van der Waals surface area contributed by atoms with Gasteiger partial charge in [0, 0.05) is 21.9 Å². The third kappa shape index (κ3) is 3.59. The summed E-state index contributed by atoms with van der Waals surface area (Å²) in [7, 11) is 1.54. The normalized spacial score (nSPS) is 11.0. The van der Waals surface area contributed by atoms with Gasteiger partial charge in [0.15, 0.2) is 6.61 Å². The molecule has 0 saturated carbocycles. The topological polar surface area (TPSA) is 60.7 Å². The fourth-order valence-electron chi connectivity index (χ4n) is 2.94. The number of anilines is 1. The molecular weight excluding hydrogens is 401 g/mol. The van der Waals surface area contributed by atoms with Crippen molar-refractivity contribution in [1.29, 1.82) is 0 Å². The maximum atomic E-state index is 12.3. The van der Waals surface area contributed by atoms with Crippen LogP contribution in [0.5, 0.6) is 11.5 Å². The van der Waals surface area contributed by atoms with E-state index in [0.717, 1.165) is 16.4 Å². The van der Waals surface area contributed by atoms with Crippen molar-refractivity contribution in [3.63, 3.8) is 0 Å². The van der Waals surface area contributed by atoms with Crippen LogP contribution in [0.25, 0.3) is 21.9 Å². The molecule has 0 spiro atoms. The monoisotopic (exact) mass is 415 g/mol. The third-order valence-electron chi connectivity index (χ3n) is 4.23. The molecule has 0 radical (unpaired) electrons. The van der Waals surface area contributed by atoms with Crippen molar-refractivity contribution in [2.24, 2.45) is 0 Å². The van der Waals surface area contributed by atoms with Crippen LogP contribution < -0.4 is 14.8 Å². The van der Waals surface area contributed by atoms with Gasteiger partial charge >= 0.3 is 0 Å². The summed E-state index contributed by atoms with van der Waals surface area (Å²) in [5, 5.41) is 5.50. The fourth-order valence-corrected chi connectivity index (χ4v) is 3.40. The van der Waals surface area contributed by atoms with Crippen LogP contribution in [0.4, 0.5) is 5.69 Å². The maximum Gasteiger partial charge on any atom is 0.262 e. The molecule has 4 rings (SSSR count). The Balaban J connectivity index is 1.56. The third-order valence-corrected chi connectivity index (χ3v) is 4.76. The number of rotatable bonds is 5. The summed E-state index contributed by atoms with van der Waals surface area (Å²) < 4.78 is 16.8. The number of methoxy groups -OCH3 is 1. The van der Waals surface area contributed by atoms with Crippen LogP contribution in [0.3, 0.4) is 0 Å². The SMILES string of the molecule is COc1cc2c(cc1NC(=O)COc1ccc(Cl)cc1Cl)oc1ccccc12. The Hall–Kier alpha value is -2.89. The minimum Gasteiger partial charge on any atom is -0.495 e. The van der Waals surface area contributed by atoms with E-state index >= 15 is 0 Å². The van der Waals surface area contributed by atoms with Gasteiger partial charge in [-0.15, -0.1) is 0 Å². The summed E-state index contributed by atoms with van der Waals surface area (Å²) in [6.07, 6.45) is 0. The van der Waals surface area contributed by atoms with Crippen LogP contribution in [0.15, 0.2) is 59.0 Å². The molecule has 1 aromatic heterocycles. The molecule has 0 saturated heterocycles. The van der Waals surface area contributed by atoms with Crippen molar-refractivity contribution in [1.82, 2.24) is 0 Å². The lowest BCUT2D eigenvalue weighted by atomic mass is 10.1. The van der Waals surface area contributed by atoms with E-state index < -0.39 is 0 Å². The molecule has 0 aliphatic heterocycles. The first-order valence-electron chi connectivity index (χ1n) is 8.42. The van der Waals surface area contributed by atoms with Crippen LogP contribution in [0.1, 0.15) is 0 Å². The van der Waals surface area contributed by atoms with Gasteiger partial charge in [0.25, 0.3) is 5.91 Å². The number of carbonyl (C=O) groups excluding carboxylic acids is 1. The second-order valence-electron chi connectivity index (χ2n) is 6.06. The van der Waals surface area contributed by atoms with Crippen LogP contribution in [-0.2, 0) is 4.79 Å². The Morgan fingerprint density at radius 3 is 2.61 bits per heavy atom. The summed E-state index contributed by atoms with van der Waals surface area (Å²) in [6.45, 7) is -0.220. The van der Waals surface area contributed by atoms with Gasteiger partial charge in [0.05, 0.1) is 17.8 Å². The first-order chi connectivity index (χ1) is 13.5. The molecule has 4 aromatic rings. The Labute approximate surface area is 170 Å². The molecule has 5 nitrogen and oxygen atoms in total. The van der Waals surface area contributed by atoms with Crippen LogP contribution in [-0.4, -0.2) is 19.6 Å². The molecule has 0 aliphatic carbocycles. The van der Waals surface area contributed by atoms with Gasteiger partial charge in [-0.3, -0.25) is 4.79 Å². The smallest absolute Gasteiger partial charge is 0.262 e. The zero-order valence-corrected chi connectivity index (χ0v) is 16.3. The van der Waals surface area contributed by atoms with Gasteiger partial charge < -0.3 is 19.2 Å². The molecule has 1 N–H and O–H groups in total. The van der Waals surface area contributed by atoms with Crippen LogP contribution in [0, 0.1) is 0 Å². The van der Waals surface area contributed by atoms with Crippen molar-refractivity contribution in [2.75, 3.05) is 19.0 Å². The number of fused-ring (bicyclic) bond motifs is 3. The Morgan fingerprint density at radius 2 is 1.82 bits per heavy atom. The zero-order valence-electron chi connectivity index (χ0n) is 14.8. The summed E-state index contributed by atoms with van der Waals surface area (Å²) in [5.41, 5.74) is 1.91. The number of para-hydroxylation sites is 1. The lowest BCUT2D eigenvalue weighted by Gasteiger charge is -2.12. The minimum atomic E-state index is -0.361. The Morgan fingerprint density at radius 1 is 1.00 bits per heavy atom. The standard InChI is InChI=1S/C21H15Cl2NO4/c1-26-20-9-14-13-4-2-3-5-17(13)28-19(14)10-16(20)24-21(25)11-27-18-7-6-12(22)8-15(18)23/h2-10H,11H2,1H3,(H,24,25). The highest BCUT2D eigenvalue weighted by Crippen LogP contribution is 2.36. The quantitative estimate of drug-likeness (QED) is 0.439. The summed E-state index contributed by atoms with van der Waals surface area (Å²) in [5.74, 6) is 0.539. The molecule has 3 aromatic carbocycles. The number of benzene rings is 3. The van der Waals surface area contributed by atoms with Crippen LogP contribution in [0.2, 0.25) is 10.0 Å². The molecule has 0 aliphatic rings. The van der Waals surface area contributed by atoms with Gasteiger partial charge in [-0.2, -0.15) is 0 Å². The van der Waals surface area contributed by atoms with Crippen molar-refractivity contribution >= 4 is 56.7 Å². The maximum absolute atomic E-state index is 12.3. The number of nitrogens with one attached hydrogen (secondary N) is 1. The molecule has 0 fully saturated rings. The molecule has 142 valence electrons. The molecule has 1 amide bonds. The summed E-state index contributed by atoms with van der Waals surface area (Å²) in [4.78, 5) is 12.3. The van der Waals surface area contributed by atoms with E-state index in [-0.39, 0.29) is 12.5 Å². The number of halogens is 2. The average Bonchev–Trinajstić information content (AvgIpc) is 3.04. The second kappa shape index (κ2) is 7.62. The molecule has 0 atom stereocenters. The highest BCUT2D eigenvalue weighted by molar-refractivity contribution is 6.35. The Kier molecular flexibility index (Phi) is 5.03. The highest BCUT2D eigenvalue weighted by atomic mass is 35.5. The van der Waals surface area contributed by atoms with E-state index in [1.165, 1.54) is 0 Å². The Bertz CT molecular complexity index is 1190. The van der Waals surface area contributed by atoms with E-state index in [1.807, 2.05) is 30.3 Å². The van der Waals surface area contributed by atoms with Crippen molar-refractivity contribution in [3.8, 4) is 11.5 Å². The summed E-state index contributed by atoms with van der Waals surface area (Å²) >= 11 is 11.9. The average molecular weight is 416 g/mol. The van der Waals surface area contributed by atoms with E-state index in [2.05, 4.69) is 5.32 Å². The lowest BCUT2D eigenvalue weighted by molar-refractivity contribution is -0.118. The van der Waals surface area contributed by atoms with Gasteiger partial charge in [0.2, 0.25) is 0 Å². The fraction of sp³-hybridized carbons (Fsp3) is 0.0952. The van der Waals surface area contributed by atoms with Crippen molar-refractivity contribution in [3.05, 3.63) is 64.6 Å². The second-order valence-corrected chi connectivity index (χ2v) is 6.90. The number of hydrogen-bond acceptors (Lipinski definition) is 4. The highest BCUT2D eigenvalue weighted by Gasteiger charge is 2.15. The predicted molar refractivity (Wildman–Crippen MR) is 111 cm³/mol. The van der Waals surface area contributed by atoms with Gasteiger partial charge in [0.1, 0.15) is 22.7 Å². The molecule has 0 unspecified atom stereocenters. The number of furan rings is 1. The van der Waals surface area contributed by atoms with E-state index in [1.54, 1.807) is 31.4 Å². The molecule has 28 heavy (non-hydrogen) atoms. The van der Waals surface area contributed by atoms with E-state index in [4.69, 9.17) is 37.1 Å². The summed E-state index contributed by atoms with van der Waals surface area (Å²) in [6, 6.07) is 16.1. The predicted octanol–water partition coefficient (Wildman–Crippen LogP) is 5.92. The van der Waals surface area contributed by atoms with Crippen molar-refractivity contribution in [2.45, 2.75) is 0 Å². The first kappa shape index (κ1) is 18.5. The van der Waals surface area contributed by atoms with Gasteiger partial charge in [-0.1, -0.05) is 41.4 Å². The van der Waals surface area contributed by atoms with Gasteiger partial charge in [-0.25, -0.2) is 0 Å². The largest absolute Gasteiger partial charge is 0.495 e.